The Bertz CT molecular complexity index is 640. The molecule has 2 N–H and O–H groups in total. The van der Waals surface area contributed by atoms with Crippen LogP contribution in [-0.4, -0.2) is 37.6 Å². The molecular weight excluding hydrogens is 308 g/mol. The molecule has 1 aromatic carbocycles. The van der Waals surface area contributed by atoms with Crippen molar-refractivity contribution in [2.24, 2.45) is 0 Å². The Morgan fingerprint density at radius 2 is 2.08 bits per heavy atom. The van der Waals surface area contributed by atoms with Crippen LogP contribution in [0.15, 0.2) is 18.2 Å². The van der Waals surface area contributed by atoms with Crippen LogP contribution < -0.4 is 20.1 Å². The van der Waals surface area contributed by atoms with Gasteiger partial charge in [0.25, 0.3) is 0 Å². The molecule has 1 atom stereocenters. The number of nitrogens with one attached hydrogen (secondary N) is 2. The van der Waals surface area contributed by atoms with Gasteiger partial charge in [0.2, 0.25) is 11.8 Å². The molecule has 0 saturated carbocycles. The maximum Gasteiger partial charge on any atom is 0.244 e. The minimum atomic E-state index is -0.224. The van der Waals surface area contributed by atoms with Gasteiger partial charge in [0.15, 0.2) is 0 Å². The second-order valence-electron chi connectivity index (χ2n) is 5.67. The SMILES string of the molecule is CCOc1cc2c(cc1/C=C/C(=O)NCCNC(C)=O)OC(C)C2. The largest absolute Gasteiger partial charge is 0.493 e. The standard InChI is InChI=1S/C18H24N2O4/c1-4-23-16-11-15-9-12(2)24-17(15)10-14(16)5-6-18(22)20-8-7-19-13(3)21/h5-6,10-12H,4,7-9H2,1-3H3,(H,19,21)(H,20,22)/b6-5+. The van der Waals surface area contributed by atoms with Crippen LogP contribution in [0.25, 0.3) is 6.08 Å². The summed E-state index contributed by atoms with van der Waals surface area (Å²) in [4.78, 5) is 22.6. The highest BCUT2D eigenvalue weighted by molar-refractivity contribution is 5.92. The topological polar surface area (TPSA) is 76.7 Å². The number of fused-ring (bicyclic) bond motifs is 1. The second-order valence-corrected chi connectivity index (χ2v) is 5.67. The maximum atomic E-state index is 11.8. The van der Waals surface area contributed by atoms with E-state index in [0.29, 0.717) is 19.7 Å². The zero-order chi connectivity index (χ0) is 17.5. The Morgan fingerprint density at radius 3 is 2.79 bits per heavy atom. The van der Waals surface area contributed by atoms with Crippen molar-refractivity contribution in [2.45, 2.75) is 33.3 Å². The number of rotatable bonds is 7. The number of benzene rings is 1. The molecule has 6 nitrogen and oxygen atoms in total. The average Bonchev–Trinajstić information content (AvgIpc) is 2.88. The van der Waals surface area contributed by atoms with Crippen LogP contribution in [0.5, 0.6) is 11.5 Å². The number of amides is 2. The second kappa shape index (κ2) is 8.38. The molecule has 1 aliphatic rings. The molecule has 1 heterocycles. The summed E-state index contributed by atoms with van der Waals surface area (Å²) in [6, 6.07) is 3.89. The van der Waals surface area contributed by atoms with Gasteiger partial charge in [-0.3, -0.25) is 9.59 Å². The summed E-state index contributed by atoms with van der Waals surface area (Å²) in [5, 5.41) is 5.33. The van der Waals surface area contributed by atoms with E-state index in [1.54, 1.807) is 6.08 Å². The third-order valence-corrected chi connectivity index (χ3v) is 3.54. The molecule has 0 saturated heterocycles. The summed E-state index contributed by atoms with van der Waals surface area (Å²) in [6.07, 6.45) is 4.19. The minimum Gasteiger partial charge on any atom is -0.493 e. The number of hydrogen-bond donors (Lipinski definition) is 2. The van der Waals surface area contributed by atoms with E-state index >= 15 is 0 Å². The zero-order valence-electron chi connectivity index (χ0n) is 14.3. The number of ether oxygens (including phenoxy) is 2. The molecule has 1 unspecified atom stereocenters. The monoisotopic (exact) mass is 332 g/mol. The zero-order valence-corrected chi connectivity index (χ0v) is 14.3. The molecule has 0 spiro atoms. The fourth-order valence-corrected chi connectivity index (χ4v) is 2.51. The van der Waals surface area contributed by atoms with E-state index in [9.17, 15) is 9.59 Å². The lowest BCUT2D eigenvalue weighted by Gasteiger charge is -2.10. The fraction of sp³-hybridized carbons (Fsp3) is 0.444. The normalized spacial score (nSPS) is 15.7. The molecule has 1 aliphatic heterocycles. The van der Waals surface area contributed by atoms with Gasteiger partial charge < -0.3 is 20.1 Å². The summed E-state index contributed by atoms with van der Waals surface area (Å²) in [5.41, 5.74) is 1.93. The quantitative estimate of drug-likeness (QED) is 0.588. The Balaban J connectivity index is 2.01. The molecule has 0 fully saturated rings. The first-order valence-electron chi connectivity index (χ1n) is 8.16. The molecule has 0 bridgehead atoms. The van der Waals surface area contributed by atoms with Gasteiger partial charge in [-0.15, -0.1) is 0 Å². The van der Waals surface area contributed by atoms with Crippen LogP contribution in [0.1, 0.15) is 31.9 Å². The first kappa shape index (κ1) is 17.8. The van der Waals surface area contributed by atoms with Crippen molar-refractivity contribution in [3.63, 3.8) is 0 Å². The van der Waals surface area contributed by atoms with Crippen molar-refractivity contribution in [3.8, 4) is 11.5 Å². The summed E-state index contributed by atoms with van der Waals surface area (Å²) in [6.45, 7) is 6.73. The van der Waals surface area contributed by atoms with Crippen molar-refractivity contribution in [3.05, 3.63) is 29.3 Å². The van der Waals surface area contributed by atoms with Crippen molar-refractivity contribution in [1.29, 1.82) is 0 Å². The molecule has 2 rings (SSSR count). The summed E-state index contributed by atoms with van der Waals surface area (Å²) in [7, 11) is 0. The molecule has 0 aromatic heterocycles. The van der Waals surface area contributed by atoms with Gasteiger partial charge in [-0.25, -0.2) is 0 Å². The van der Waals surface area contributed by atoms with E-state index < -0.39 is 0 Å². The van der Waals surface area contributed by atoms with E-state index in [0.717, 1.165) is 29.0 Å². The van der Waals surface area contributed by atoms with Gasteiger partial charge in [-0.05, 0) is 32.1 Å². The van der Waals surface area contributed by atoms with Crippen LogP contribution in [-0.2, 0) is 16.0 Å². The van der Waals surface area contributed by atoms with Gasteiger partial charge in [-0.2, -0.15) is 0 Å². The van der Waals surface area contributed by atoms with Crippen LogP contribution >= 0.6 is 0 Å². The molecule has 0 radical (unpaired) electrons. The van der Waals surface area contributed by atoms with Crippen molar-refractivity contribution in [1.82, 2.24) is 10.6 Å². The van der Waals surface area contributed by atoms with E-state index in [1.807, 2.05) is 26.0 Å². The van der Waals surface area contributed by atoms with Crippen LogP contribution in [0.2, 0.25) is 0 Å². The van der Waals surface area contributed by atoms with Crippen LogP contribution in [0, 0.1) is 0 Å². The van der Waals surface area contributed by atoms with E-state index in [4.69, 9.17) is 9.47 Å². The number of hydrogen-bond acceptors (Lipinski definition) is 4. The third kappa shape index (κ3) is 5.01. The van der Waals surface area contributed by atoms with Gasteiger partial charge in [0.05, 0.1) is 6.61 Å². The van der Waals surface area contributed by atoms with Gasteiger partial charge >= 0.3 is 0 Å². The smallest absolute Gasteiger partial charge is 0.244 e. The summed E-state index contributed by atoms with van der Waals surface area (Å²) in [5.74, 6) is 1.25. The van der Waals surface area contributed by atoms with Crippen LogP contribution in [0.4, 0.5) is 0 Å². The Morgan fingerprint density at radius 1 is 1.33 bits per heavy atom. The Kier molecular flexibility index (Phi) is 6.23. The molecule has 130 valence electrons. The summed E-state index contributed by atoms with van der Waals surface area (Å²) < 4.78 is 11.4. The molecule has 24 heavy (non-hydrogen) atoms. The predicted octanol–water partition coefficient (Wildman–Crippen LogP) is 1.67. The van der Waals surface area contributed by atoms with E-state index in [-0.39, 0.29) is 17.9 Å². The number of carbonyl (C=O) groups excluding carboxylic acids is 2. The van der Waals surface area contributed by atoms with Gasteiger partial charge in [-0.1, -0.05) is 0 Å². The fourth-order valence-electron chi connectivity index (χ4n) is 2.51. The Labute approximate surface area is 142 Å². The van der Waals surface area contributed by atoms with Crippen LogP contribution in [0.3, 0.4) is 0 Å². The van der Waals surface area contributed by atoms with E-state index in [2.05, 4.69) is 10.6 Å². The van der Waals surface area contributed by atoms with Crippen molar-refractivity contribution in [2.75, 3.05) is 19.7 Å². The van der Waals surface area contributed by atoms with Crippen molar-refractivity contribution < 1.29 is 19.1 Å². The van der Waals surface area contributed by atoms with Gasteiger partial charge in [0.1, 0.15) is 17.6 Å². The highest BCUT2D eigenvalue weighted by atomic mass is 16.5. The molecular formula is C18H24N2O4. The lowest BCUT2D eigenvalue weighted by atomic mass is 10.1. The molecule has 1 aromatic rings. The average molecular weight is 332 g/mol. The predicted molar refractivity (Wildman–Crippen MR) is 92.1 cm³/mol. The highest BCUT2D eigenvalue weighted by Crippen LogP contribution is 2.35. The maximum absolute atomic E-state index is 11.8. The molecule has 6 heteroatoms. The molecule has 0 aliphatic carbocycles. The lowest BCUT2D eigenvalue weighted by molar-refractivity contribution is -0.119. The highest BCUT2D eigenvalue weighted by Gasteiger charge is 2.21. The number of carbonyl (C=O) groups is 2. The van der Waals surface area contributed by atoms with Gasteiger partial charge in [0, 0.05) is 43.6 Å². The minimum absolute atomic E-state index is 0.117. The van der Waals surface area contributed by atoms with Crippen molar-refractivity contribution >= 4 is 17.9 Å². The lowest BCUT2D eigenvalue weighted by Crippen LogP contribution is -2.32. The summed E-state index contributed by atoms with van der Waals surface area (Å²) >= 11 is 0. The first-order valence-corrected chi connectivity index (χ1v) is 8.16. The van der Waals surface area contributed by atoms with E-state index in [1.165, 1.54) is 13.0 Å². The first-order chi connectivity index (χ1) is 11.5. The molecule has 2 amide bonds. The Hall–Kier alpha value is -2.50. The third-order valence-electron chi connectivity index (χ3n) is 3.54.